The Labute approximate surface area is 165 Å². The van der Waals surface area contributed by atoms with Crippen LogP contribution in [-0.2, 0) is 4.84 Å². The second kappa shape index (κ2) is 7.72. The standard InChI is InChI=1S/C19H18ClN3O3S/c20-17-7-6-16(27-17)18(24)21-11-14-10-15(22-26-14)12-2-4-13(5-3-12)19(25)23-8-1-9-23/h2-7,10,14,22H,1,8-9,11H2,(H,21,24). The SMILES string of the molecule is O=C(NCC1C=C(c2ccc(C(=O)N3CCC3)cc2)NO1)c1ccc(Cl)s1. The van der Waals surface area contributed by atoms with Crippen LogP contribution in [0.5, 0.6) is 0 Å². The zero-order valence-electron chi connectivity index (χ0n) is 14.4. The number of hydroxylamine groups is 1. The first-order valence-electron chi connectivity index (χ1n) is 8.67. The topological polar surface area (TPSA) is 70.7 Å². The quantitative estimate of drug-likeness (QED) is 0.805. The van der Waals surface area contributed by atoms with E-state index in [9.17, 15) is 9.59 Å². The van der Waals surface area contributed by atoms with E-state index < -0.39 is 0 Å². The lowest BCUT2D eigenvalue weighted by molar-refractivity contribution is 0.0499. The first-order valence-corrected chi connectivity index (χ1v) is 9.86. The summed E-state index contributed by atoms with van der Waals surface area (Å²) in [6.45, 7) is 2.02. The van der Waals surface area contributed by atoms with Crippen LogP contribution in [0.2, 0.25) is 4.34 Å². The van der Waals surface area contributed by atoms with E-state index in [0.717, 1.165) is 30.8 Å². The van der Waals surface area contributed by atoms with Gasteiger partial charge >= 0.3 is 0 Å². The number of amides is 2. The third-order valence-corrected chi connectivity index (χ3v) is 5.75. The molecule has 0 aliphatic carbocycles. The molecule has 27 heavy (non-hydrogen) atoms. The molecular formula is C19H18ClN3O3S. The Kier molecular flexibility index (Phi) is 5.15. The van der Waals surface area contributed by atoms with Crippen LogP contribution < -0.4 is 10.8 Å². The molecule has 0 radical (unpaired) electrons. The lowest BCUT2D eigenvalue weighted by Gasteiger charge is -2.30. The van der Waals surface area contributed by atoms with Crippen molar-refractivity contribution in [1.29, 1.82) is 0 Å². The second-order valence-corrected chi connectivity index (χ2v) is 8.09. The molecule has 1 aromatic carbocycles. The Morgan fingerprint density at radius 1 is 1.22 bits per heavy atom. The first kappa shape index (κ1) is 18.0. The van der Waals surface area contributed by atoms with Crippen LogP contribution in [0.4, 0.5) is 0 Å². The smallest absolute Gasteiger partial charge is 0.261 e. The van der Waals surface area contributed by atoms with Crippen LogP contribution in [0.1, 0.15) is 32.0 Å². The van der Waals surface area contributed by atoms with Gasteiger partial charge in [0.2, 0.25) is 0 Å². The molecule has 1 saturated heterocycles. The molecule has 2 amide bonds. The highest BCUT2D eigenvalue weighted by Gasteiger charge is 2.22. The fourth-order valence-corrected chi connectivity index (χ4v) is 3.82. The summed E-state index contributed by atoms with van der Waals surface area (Å²) in [6, 6.07) is 10.8. The number of hydrogen-bond acceptors (Lipinski definition) is 5. The largest absolute Gasteiger partial charge is 0.348 e. The molecule has 1 atom stereocenters. The molecule has 140 valence electrons. The number of likely N-dealkylation sites (tertiary alicyclic amines) is 1. The monoisotopic (exact) mass is 403 g/mol. The van der Waals surface area contributed by atoms with Gasteiger partial charge in [0.15, 0.2) is 0 Å². The van der Waals surface area contributed by atoms with Crippen LogP contribution in [0.15, 0.2) is 42.5 Å². The van der Waals surface area contributed by atoms with Crippen molar-refractivity contribution in [2.24, 2.45) is 0 Å². The molecule has 4 rings (SSSR count). The lowest BCUT2D eigenvalue weighted by atomic mass is 10.1. The molecular weight excluding hydrogens is 386 g/mol. The van der Waals surface area contributed by atoms with Crippen molar-refractivity contribution in [3.05, 3.63) is 62.8 Å². The van der Waals surface area contributed by atoms with Crippen molar-refractivity contribution < 1.29 is 14.4 Å². The Hall–Kier alpha value is -2.35. The molecule has 0 spiro atoms. The Balaban J connectivity index is 1.34. The van der Waals surface area contributed by atoms with Crippen LogP contribution >= 0.6 is 22.9 Å². The molecule has 1 fully saturated rings. The first-order chi connectivity index (χ1) is 13.1. The van der Waals surface area contributed by atoms with E-state index in [1.807, 2.05) is 35.2 Å². The van der Waals surface area contributed by atoms with Gasteiger partial charge in [-0.15, -0.1) is 11.3 Å². The number of hydrogen-bond donors (Lipinski definition) is 2. The fourth-order valence-electron chi connectivity index (χ4n) is 2.86. The highest BCUT2D eigenvalue weighted by atomic mass is 35.5. The van der Waals surface area contributed by atoms with Crippen LogP contribution in [0.3, 0.4) is 0 Å². The third kappa shape index (κ3) is 4.00. The molecule has 6 nitrogen and oxygen atoms in total. The summed E-state index contributed by atoms with van der Waals surface area (Å²) >= 11 is 7.09. The van der Waals surface area contributed by atoms with Gasteiger partial charge < -0.3 is 10.2 Å². The minimum atomic E-state index is -0.276. The summed E-state index contributed by atoms with van der Waals surface area (Å²) in [6.07, 6.45) is 2.71. The van der Waals surface area contributed by atoms with Gasteiger partial charge in [-0.05, 0) is 42.3 Å². The molecule has 2 N–H and O–H groups in total. The van der Waals surface area contributed by atoms with Crippen molar-refractivity contribution in [3.8, 4) is 0 Å². The maximum atomic E-state index is 12.2. The highest BCUT2D eigenvalue weighted by molar-refractivity contribution is 7.17. The average molecular weight is 404 g/mol. The van der Waals surface area contributed by atoms with Crippen molar-refractivity contribution in [2.75, 3.05) is 19.6 Å². The number of nitrogens with one attached hydrogen (secondary N) is 2. The van der Waals surface area contributed by atoms with E-state index in [-0.39, 0.29) is 17.9 Å². The van der Waals surface area contributed by atoms with Gasteiger partial charge in [0.05, 0.1) is 21.5 Å². The maximum Gasteiger partial charge on any atom is 0.261 e. The van der Waals surface area contributed by atoms with Crippen LogP contribution in [-0.4, -0.2) is 42.5 Å². The normalized spacial score (nSPS) is 18.5. The molecule has 1 unspecified atom stereocenters. The maximum absolute atomic E-state index is 12.2. The molecule has 3 heterocycles. The molecule has 0 saturated carbocycles. The number of nitrogens with zero attached hydrogens (tertiary/aromatic N) is 1. The Morgan fingerprint density at radius 3 is 2.63 bits per heavy atom. The third-order valence-electron chi connectivity index (χ3n) is 4.52. The lowest BCUT2D eigenvalue weighted by Crippen LogP contribution is -2.41. The van der Waals surface area contributed by atoms with Crippen molar-refractivity contribution in [2.45, 2.75) is 12.5 Å². The van der Waals surface area contributed by atoms with Crippen molar-refractivity contribution >= 4 is 40.4 Å². The number of thiophene rings is 1. The van der Waals surface area contributed by atoms with E-state index in [2.05, 4.69) is 10.8 Å². The number of carbonyl (C=O) groups excluding carboxylic acids is 2. The van der Waals surface area contributed by atoms with E-state index in [4.69, 9.17) is 16.4 Å². The summed E-state index contributed by atoms with van der Waals surface area (Å²) in [5.41, 5.74) is 5.31. The second-order valence-electron chi connectivity index (χ2n) is 6.38. The number of halogens is 1. The zero-order valence-corrected chi connectivity index (χ0v) is 16.0. The van der Waals surface area contributed by atoms with Gasteiger partial charge in [0.1, 0.15) is 6.10 Å². The molecule has 2 aromatic rings. The zero-order chi connectivity index (χ0) is 18.8. The molecule has 2 aliphatic rings. The van der Waals surface area contributed by atoms with Crippen molar-refractivity contribution in [1.82, 2.24) is 15.7 Å². The molecule has 8 heteroatoms. The summed E-state index contributed by atoms with van der Waals surface area (Å²) in [5, 5.41) is 2.83. The van der Waals surface area contributed by atoms with E-state index >= 15 is 0 Å². The van der Waals surface area contributed by atoms with E-state index in [1.54, 1.807) is 12.1 Å². The van der Waals surface area contributed by atoms with Gasteiger partial charge in [-0.1, -0.05) is 23.7 Å². The summed E-state index contributed by atoms with van der Waals surface area (Å²) in [7, 11) is 0. The summed E-state index contributed by atoms with van der Waals surface area (Å²) < 4.78 is 0.581. The van der Waals surface area contributed by atoms with Gasteiger partial charge in [-0.25, -0.2) is 0 Å². The number of carbonyl (C=O) groups is 2. The highest BCUT2D eigenvalue weighted by Crippen LogP contribution is 2.22. The van der Waals surface area contributed by atoms with Crippen LogP contribution in [0.25, 0.3) is 5.70 Å². The minimum absolute atomic E-state index is 0.0756. The van der Waals surface area contributed by atoms with Gasteiger partial charge in [-0.3, -0.25) is 19.9 Å². The fraction of sp³-hybridized carbons (Fsp3) is 0.263. The van der Waals surface area contributed by atoms with Crippen LogP contribution in [0, 0.1) is 0 Å². The molecule has 1 aromatic heterocycles. The minimum Gasteiger partial charge on any atom is -0.348 e. The number of rotatable bonds is 5. The predicted octanol–water partition coefficient (Wildman–Crippen LogP) is 2.92. The van der Waals surface area contributed by atoms with Gasteiger partial charge in [0.25, 0.3) is 11.8 Å². The van der Waals surface area contributed by atoms with Gasteiger partial charge in [0, 0.05) is 18.7 Å². The Morgan fingerprint density at radius 2 is 2.00 bits per heavy atom. The average Bonchev–Trinajstić information content (AvgIpc) is 3.27. The van der Waals surface area contributed by atoms with Gasteiger partial charge in [-0.2, -0.15) is 0 Å². The summed E-state index contributed by atoms with van der Waals surface area (Å²) in [5.74, 6) is -0.0992. The Bertz CT molecular complexity index is 890. The number of benzene rings is 1. The molecule has 0 bridgehead atoms. The van der Waals surface area contributed by atoms with E-state index in [0.29, 0.717) is 21.3 Å². The summed E-state index contributed by atoms with van der Waals surface area (Å²) in [4.78, 5) is 32.2. The van der Waals surface area contributed by atoms with E-state index in [1.165, 1.54) is 11.3 Å². The predicted molar refractivity (Wildman–Crippen MR) is 105 cm³/mol. The van der Waals surface area contributed by atoms with Crippen molar-refractivity contribution in [3.63, 3.8) is 0 Å². The molecule has 2 aliphatic heterocycles.